The molecule has 0 aromatic heterocycles. The summed E-state index contributed by atoms with van der Waals surface area (Å²) >= 11 is 0. The van der Waals surface area contributed by atoms with E-state index in [-0.39, 0.29) is 6.04 Å². The minimum Gasteiger partial charge on any atom is -0.324 e. The third kappa shape index (κ3) is 3.14. The molecule has 0 heterocycles. The van der Waals surface area contributed by atoms with Crippen molar-refractivity contribution < 1.29 is 8.78 Å². The summed E-state index contributed by atoms with van der Waals surface area (Å²) in [4.78, 5) is 0. The Kier molecular flexibility index (Phi) is 4.05. The van der Waals surface area contributed by atoms with Gasteiger partial charge in [0.1, 0.15) is 0 Å². The maximum atomic E-state index is 13.0. The van der Waals surface area contributed by atoms with Crippen LogP contribution >= 0.6 is 0 Å². The van der Waals surface area contributed by atoms with E-state index in [0.29, 0.717) is 12.8 Å². The molecule has 3 heteroatoms. The topological polar surface area (TPSA) is 26.0 Å². The molecule has 1 unspecified atom stereocenters. The fraction of sp³-hybridized carbons (Fsp3) is 0.200. The van der Waals surface area contributed by atoms with Crippen molar-refractivity contribution in [2.45, 2.75) is 18.9 Å². The molecule has 0 amide bonds. The largest absolute Gasteiger partial charge is 0.324 e. The number of hydrogen-bond donors (Lipinski definition) is 1. The molecule has 94 valence electrons. The monoisotopic (exact) mass is 247 g/mol. The molecule has 0 saturated heterocycles. The Morgan fingerprint density at radius 2 is 1.67 bits per heavy atom. The summed E-state index contributed by atoms with van der Waals surface area (Å²) in [6.07, 6.45) is 1.34. The number of halogens is 2. The molecular weight excluding hydrogens is 232 g/mol. The molecule has 1 atom stereocenters. The fourth-order valence-electron chi connectivity index (χ4n) is 1.88. The van der Waals surface area contributed by atoms with Crippen LogP contribution in [0.3, 0.4) is 0 Å². The van der Waals surface area contributed by atoms with Crippen molar-refractivity contribution in [1.29, 1.82) is 0 Å². The van der Waals surface area contributed by atoms with Gasteiger partial charge in [0.15, 0.2) is 11.6 Å². The van der Waals surface area contributed by atoms with E-state index in [0.717, 1.165) is 17.2 Å². The van der Waals surface area contributed by atoms with Crippen molar-refractivity contribution in [3.63, 3.8) is 0 Å². The molecule has 0 radical (unpaired) electrons. The predicted octanol–water partition coefficient (Wildman–Crippen LogP) is 3.60. The van der Waals surface area contributed by atoms with Crippen LogP contribution in [-0.4, -0.2) is 0 Å². The Bertz CT molecular complexity index is 511. The first kappa shape index (κ1) is 12.7. The zero-order chi connectivity index (χ0) is 13.0. The molecule has 2 aromatic rings. The average molecular weight is 247 g/mol. The van der Waals surface area contributed by atoms with Gasteiger partial charge in [0.2, 0.25) is 0 Å². The lowest BCUT2D eigenvalue weighted by atomic mass is 10.00. The SMILES string of the molecule is NC(CCc1ccc(F)c(F)c1)c1ccccc1. The molecule has 0 aliphatic carbocycles. The van der Waals surface area contributed by atoms with Gasteiger partial charge in [-0.05, 0) is 36.1 Å². The first-order chi connectivity index (χ1) is 8.66. The summed E-state index contributed by atoms with van der Waals surface area (Å²) in [7, 11) is 0. The van der Waals surface area contributed by atoms with Crippen LogP contribution in [0.5, 0.6) is 0 Å². The van der Waals surface area contributed by atoms with Crippen LogP contribution in [0.4, 0.5) is 8.78 Å². The summed E-state index contributed by atoms with van der Waals surface area (Å²) in [5, 5.41) is 0. The first-order valence-electron chi connectivity index (χ1n) is 5.91. The van der Waals surface area contributed by atoms with E-state index in [2.05, 4.69) is 0 Å². The van der Waals surface area contributed by atoms with Gasteiger partial charge in [0, 0.05) is 6.04 Å². The van der Waals surface area contributed by atoms with Gasteiger partial charge >= 0.3 is 0 Å². The highest BCUT2D eigenvalue weighted by Gasteiger charge is 2.07. The van der Waals surface area contributed by atoms with Crippen LogP contribution in [0.2, 0.25) is 0 Å². The van der Waals surface area contributed by atoms with Crippen molar-refractivity contribution >= 4 is 0 Å². The van der Waals surface area contributed by atoms with Crippen LogP contribution in [-0.2, 0) is 6.42 Å². The lowest BCUT2D eigenvalue weighted by Crippen LogP contribution is -2.11. The number of hydrogen-bond acceptors (Lipinski definition) is 1. The molecule has 18 heavy (non-hydrogen) atoms. The van der Waals surface area contributed by atoms with Gasteiger partial charge in [0.05, 0.1) is 0 Å². The molecule has 0 saturated carbocycles. The Morgan fingerprint density at radius 3 is 2.33 bits per heavy atom. The Morgan fingerprint density at radius 1 is 0.944 bits per heavy atom. The van der Waals surface area contributed by atoms with E-state index < -0.39 is 11.6 Å². The summed E-state index contributed by atoms with van der Waals surface area (Å²) in [5.41, 5.74) is 7.86. The van der Waals surface area contributed by atoms with Crippen molar-refractivity contribution in [2.24, 2.45) is 5.73 Å². The Hall–Kier alpha value is -1.74. The normalized spacial score (nSPS) is 12.4. The van der Waals surface area contributed by atoms with E-state index in [9.17, 15) is 8.78 Å². The first-order valence-corrected chi connectivity index (χ1v) is 5.91. The highest BCUT2D eigenvalue weighted by atomic mass is 19.2. The predicted molar refractivity (Wildman–Crippen MR) is 68.0 cm³/mol. The summed E-state index contributed by atoms with van der Waals surface area (Å²) in [6, 6.07) is 13.6. The molecule has 0 spiro atoms. The van der Waals surface area contributed by atoms with Gasteiger partial charge in [-0.1, -0.05) is 36.4 Å². The average Bonchev–Trinajstić information content (AvgIpc) is 2.41. The molecule has 2 rings (SSSR count). The highest BCUT2D eigenvalue weighted by molar-refractivity contribution is 5.21. The highest BCUT2D eigenvalue weighted by Crippen LogP contribution is 2.17. The number of aryl methyl sites for hydroxylation is 1. The molecule has 2 N–H and O–H groups in total. The van der Waals surface area contributed by atoms with Gasteiger partial charge in [-0.25, -0.2) is 8.78 Å². The second-order valence-corrected chi connectivity index (χ2v) is 4.30. The zero-order valence-corrected chi connectivity index (χ0v) is 9.94. The van der Waals surface area contributed by atoms with Crippen LogP contribution in [0, 0.1) is 11.6 Å². The van der Waals surface area contributed by atoms with E-state index in [4.69, 9.17) is 5.73 Å². The quantitative estimate of drug-likeness (QED) is 0.877. The minimum atomic E-state index is -0.814. The standard InChI is InChI=1S/C15H15F2N/c16-13-8-6-11(10-14(13)17)7-9-15(18)12-4-2-1-3-5-12/h1-6,8,10,15H,7,9,18H2. The van der Waals surface area contributed by atoms with Crippen molar-refractivity contribution in [1.82, 2.24) is 0 Å². The van der Waals surface area contributed by atoms with Crippen molar-refractivity contribution in [3.8, 4) is 0 Å². The maximum Gasteiger partial charge on any atom is 0.159 e. The van der Waals surface area contributed by atoms with E-state index in [1.807, 2.05) is 30.3 Å². The van der Waals surface area contributed by atoms with Gasteiger partial charge in [-0.2, -0.15) is 0 Å². The summed E-state index contributed by atoms with van der Waals surface area (Å²) < 4.78 is 25.8. The Labute approximate surface area is 105 Å². The lowest BCUT2D eigenvalue weighted by molar-refractivity contribution is 0.506. The van der Waals surface area contributed by atoms with Crippen LogP contribution in [0.15, 0.2) is 48.5 Å². The molecule has 0 fully saturated rings. The Balaban J connectivity index is 1.97. The zero-order valence-electron chi connectivity index (χ0n) is 9.94. The van der Waals surface area contributed by atoms with E-state index in [1.165, 1.54) is 6.07 Å². The van der Waals surface area contributed by atoms with Gasteiger partial charge < -0.3 is 5.73 Å². The third-order valence-corrected chi connectivity index (χ3v) is 2.96. The number of nitrogens with two attached hydrogens (primary N) is 1. The lowest BCUT2D eigenvalue weighted by Gasteiger charge is -2.11. The van der Waals surface area contributed by atoms with E-state index >= 15 is 0 Å². The number of benzene rings is 2. The van der Waals surface area contributed by atoms with Crippen molar-refractivity contribution in [2.75, 3.05) is 0 Å². The molecule has 1 nitrogen and oxygen atoms in total. The fourth-order valence-corrected chi connectivity index (χ4v) is 1.88. The molecule has 0 aliphatic rings. The van der Waals surface area contributed by atoms with Crippen LogP contribution in [0.1, 0.15) is 23.6 Å². The minimum absolute atomic E-state index is 0.0840. The summed E-state index contributed by atoms with van der Waals surface area (Å²) in [6.45, 7) is 0. The second kappa shape index (κ2) is 5.74. The van der Waals surface area contributed by atoms with E-state index in [1.54, 1.807) is 6.07 Å². The maximum absolute atomic E-state index is 13.0. The smallest absolute Gasteiger partial charge is 0.159 e. The summed E-state index contributed by atoms with van der Waals surface area (Å²) in [5.74, 6) is -1.62. The third-order valence-electron chi connectivity index (χ3n) is 2.96. The molecular formula is C15H15F2N. The van der Waals surface area contributed by atoms with Crippen LogP contribution < -0.4 is 5.73 Å². The van der Waals surface area contributed by atoms with Crippen molar-refractivity contribution in [3.05, 3.63) is 71.3 Å². The van der Waals surface area contributed by atoms with Gasteiger partial charge in [-0.15, -0.1) is 0 Å². The van der Waals surface area contributed by atoms with Gasteiger partial charge in [0.25, 0.3) is 0 Å². The van der Waals surface area contributed by atoms with Crippen LogP contribution in [0.25, 0.3) is 0 Å². The molecule has 0 bridgehead atoms. The molecule has 2 aromatic carbocycles. The molecule has 0 aliphatic heterocycles. The second-order valence-electron chi connectivity index (χ2n) is 4.30. The van der Waals surface area contributed by atoms with Gasteiger partial charge in [-0.3, -0.25) is 0 Å². The number of rotatable bonds is 4.